The molecular formula is C22H26F3N3O3. The molecule has 1 aliphatic heterocycles. The van der Waals surface area contributed by atoms with Gasteiger partial charge in [0.1, 0.15) is 6.61 Å². The summed E-state index contributed by atoms with van der Waals surface area (Å²) in [5, 5.41) is 6.46. The molecule has 168 valence electrons. The zero-order valence-corrected chi connectivity index (χ0v) is 17.4. The number of piperidine rings is 1. The molecule has 1 saturated heterocycles. The van der Waals surface area contributed by atoms with Gasteiger partial charge < -0.3 is 20.1 Å². The van der Waals surface area contributed by atoms with Crippen LogP contribution in [0.5, 0.6) is 11.6 Å². The molecule has 1 aromatic carbocycles. The van der Waals surface area contributed by atoms with Crippen molar-refractivity contribution in [2.45, 2.75) is 38.6 Å². The van der Waals surface area contributed by atoms with E-state index in [1.807, 2.05) is 30.3 Å². The number of halogens is 3. The number of carbonyl (C=O) groups is 1. The molecule has 2 N–H and O–H groups in total. The summed E-state index contributed by atoms with van der Waals surface area (Å²) in [6, 6.07) is 12.3. The number of hydrogen-bond donors (Lipinski definition) is 2. The topological polar surface area (TPSA) is 72.5 Å². The van der Waals surface area contributed by atoms with Crippen molar-refractivity contribution in [3.63, 3.8) is 0 Å². The van der Waals surface area contributed by atoms with Gasteiger partial charge in [0.25, 0.3) is 5.88 Å². The summed E-state index contributed by atoms with van der Waals surface area (Å²) < 4.78 is 47.2. The van der Waals surface area contributed by atoms with Gasteiger partial charge in [-0.25, -0.2) is 4.98 Å². The molecule has 1 fully saturated rings. The van der Waals surface area contributed by atoms with Gasteiger partial charge in [-0.05, 0) is 44.5 Å². The van der Waals surface area contributed by atoms with Crippen LogP contribution in [0.4, 0.5) is 13.2 Å². The van der Waals surface area contributed by atoms with E-state index in [2.05, 4.69) is 20.4 Å². The Labute approximate surface area is 179 Å². The fraction of sp³-hybridized carbons (Fsp3) is 0.455. The number of pyridine rings is 1. The number of amides is 1. The number of hydrogen-bond acceptors (Lipinski definition) is 5. The average molecular weight is 437 g/mol. The first-order valence-corrected chi connectivity index (χ1v) is 10.1. The van der Waals surface area contributed by atoms with E-state index in [0.717, 1.165) is 31.1 Å². The maximum atomic E-state index is 13.0. The van der Waals surface area contributed by atoms with Crippen LogP contribution in [0, 0.1) is 5.41 Å². The second-order valence-electron chi connectivity index (χ2n) is 8.12. The summed E-state index contributed by atoms with van der Waals surface area (Å²) in [5.41, 5.74) is 0.135. The number of carbonyl (C=O) groups excluding carboxylic acids is 1. The van der Waals surface area contributed by atoms with Crippen LogP contribution in [0.3, 0.4) is 0 Å². The number of ether oxygens (including phenoxy) is 2. The second-order valence-corrected chi connectivity index (χ2v) is 8.12. The van der Waals surface area contributed by atoms with E-state index in [-0.39, 0.29) is 30.4 Å². The Balaban J connectivity index is 1.65. The molecular weight excluding hydrogens is 411 g/mol. The maximum Gasteiger partial charge on any atom is 0.573 e. The minimum atomic E-state index is -4.87. The lowest BCUT2D eigenvalue weighted by molar-refractivity contribution is -0.275. The Kier molecular flexibility index (Phi) is 7.04. The first kappa shape index (κ1) is 22.9. The van der Waals surface area contributed by atoms with Crippen LogP contribution in [-0.4, -0.2) is 43.0 Å². The Hall–Kier alpha value is -2.81. The summed E-state index contributed by atoms with van der Waals surface area (Å²) in [5.74, 6) is -0.980. The molecule has 2 heterocycles. The van der Waals surface area contributed by atoms with Crippen molar-refractivity contribution in [3.05, 3.63) is 54.2 Å². The molecule has 0 radical (unpaired) electrons. The third kappa shape index (κ3) is 6.33. The minimum Gasteiger partial charge on any atom is -0.474 e. The summed E-state index contributed by atoms with van der Waals surface area (Å²) >= 11 is 0. The van der Waals surface area contributed by atoms with Crippen LogP contribution in [-0.2, 0) is 4.79 Å². The molecule has 0 spiro atoms. The molecule has 3 rings (SSSR count). The normalized spacial score (nSPS) is 19.5. The number of nitrogens with one attached hydrogen (secondary N) is 2. The summed E-state index contributed by atoms with van der Waals surface area (Å²) in [6.07, 6.45) is -2.80. The van der Waals surface area contributed by atoms with Crippen LogP contribution in [0.2, 0.25) is 0 Å². The lowest BCUT2D eigenvalue weighted by Gasteiger charge is -2.35. The van der Waals surface area contributed by atoms with E-state index < -0.39 is 17.5 Å². The van der Waals surface area contributed by atoms with Crippen molar-refractivity contribution >= 4 is 5.91 Å². The van der Waals surface area contributed by atoms with E-state index in [0.29, 0.717) is 0 Å². The van der Waals surface area contributed by atoms with Gasteiger partial charge >= 0.3 is 6.36 Å². The third-order valence-electron chi connectivity index (χ3n) is 5.17. The van der Waals surface area contributed by atoms with Crippen molar-refractivity contribution in [2.24, 2.45) is 5.41 Å². The number of nitrogens with zero attached hydrogens (tertiary/aromatic N) is 1. The van der Waals surface area contributed by atoms with E-state index in [1.54, 1.807) is 13.8 Å². The van der Waals surface area contributed by atoms with Gasteiger partial charge in [0.15, 0.2) is 5.75 Å². The van der Waals surface area contributed by atoms with Gasteiger partial charge in [-0.3, -0.25) is 4.79 Å². The van der Waals surface area contributed by atoms with Gasteiger partial charge in [-0.15, -0.1) is 13.2 Å². The fourth-order valence-corrected chi connectivity index (χ4v) is 3.45. The second kappa shape index (κ2) is 9.55. The van der Waals surface area contributed by atoms with E-state index in [9.17, 15) is 18.0 Å². The first-order chi connectivity index (χ1) is 14.7. The Bertz CT molecular complexity index is 875. The van der Waals surface area contributed by atoms with Gasteiger partial charge in [0, 0.05) is 24.7 Å². The van der Waals surface area contributed by atoms with Gasteiger partial charge in [-0.2, -0.15) is 0 Å². The average Bonchev–Trinajstić information content (AvgIpc) is 2.73. The standard InChI is InChI=1S/C22H26F3N3O3/c1-21(2,14-30-19-18(9-6-11-27-19)31-22(23,24)25)20(29)28-17-10-12-26-13-16(17)15-7-4-3-5-8-15/h3-9,11,16-17,26H,10,12-14H2,1-2H3,(H,28,29)/t16-,17+/m1/s1. The molecule has 0 aliphatic carbocycles. The minimum absolute atomic E-state index is 0.0607. The number of alkyl halides is 3. The zero-order chi connectivity index (χ0) is 22.5. The molecule has 0 bridgehead atoms. The molecule has 1 aromatic heterocycles. The SMILES string of the molecule is CC(C)(COc1ncccc1OC(F)(F)F)C(=O)N[C@H]1CCNC[C@@H]1c1ccccc1. The fourth-order valence-electron chi connectivity index (χ4n) is 3.45. The number of aromatic nitrogens is 1. The van der Waals surface area contributed by atoms with Crippen LogP contribution < -0.4 is 20.1 Å². The molecule has 0 saturated carbocycles. The molecule has 1 aliphatic rings. The molecule has 31 heavy (non-hydrogen) atoms. The quantitative estimate of drug-likeness (QED) is 0.692. The van der Waals surface area contributed by atoms with Crippen molar-refractivity contribution in [2.75, 3.05) is 19.7 Å². The Morgan fingerprint density at radius 3 is 2.65 bits per heavy atom. The Morgan fingerprint density at radius 2 is 1.94 bits per heavy atom. The van der Waals surface area contributed by atoms with Crippen LogP contribution >= 0.6 is 0 Å². The predicted octanol–water partition coefficient (Wildman–Crippen LogP) is 3.65. The molecule has 0 unspecified atom stereocenters. The smallest absolute Gasteiger partial charge is 0.474 e. The molecule has 1 amide bonds. The molecule has 2 atom stereocenters. The number of benzene rings is 1. The van der Waals surface area contributed by atoms with Crippen molar-refractivity contribution in [3.8, 4) is 11.6 Å². The van der Waals surface area contributed by atoms with Crippen molar-refractivity contribution in [1.82, 2.24) is 15.6 Å². The first-order valence-electron chi connectivity index (χ1n) is 10.1. The van der Waals surface area contributed by atoms with E-state index in [1.165, 1.54) is 12.3 Å². The van der Waals surface area contributed by atoms with Gasteiger partial charge in [0.2, 0.25) is 5.91 Å². The maximum absolute atomic E-state index is 13.0. The van der Waals surface area contributed by atoms with Crippen LogP contribution in [0.15, 0.2) is 48.7 Å². The predicted molar refractivity (Wildman–Crippen MR) is 109 cm³/mol. The van der Waals surface area contributed by atoms with E-state index >= 15 is 0 Å². The lowest BCUT2D eigenvalue weighted by Crippen LogP contribution is -2.52. The molecule has 6 nitrogen and oxygen atoms in total. The summed E-state index contributed by atoms with van der Waals surface area (Å²) in [4.78, 5) is 16.8. The summed E-state index contributed by atoms with van der Waals surface area (Å²) in [7, 11) is 0. The third-order valence-corrected chi connectivity index (χ3v) is 5.17. The van der Waals surface area contributed by atoms with Crippen LogP contribution in [0.1, 0.15) is 31.7 Å². The lowest BCUT2D eigenvalue weighted by atomic mass is 9.85. The summed E-state index contributed by atoms with van der Waals surface area (Å²) in [6.45, 7) is 4.72. The highest BCUT2D eigenvalue weighted by atomic mass is 19.4. The highest BCUT2D eigenvalue weighted by Gasteiger charge is 2.36. The van der Waals surface area contributed by atoms with E-state index in [4.69, 9.17) is 4.74 Å². The van der Waals surface area contributed by atoms with Crippen LogP contribution in [0.25, 0.3) is 0 Å². The monoisotopic (exact) mass is 437 g/mol. The highest BCUT2D eigenvalue weighted by molar-refractivity contribution is 5.82. The Morgan fingerprint density at radius 1 is 1.19 bits per heavy atom. The molecule has 2 aromatic rings. The number of rotatable bonds is 7. The van der Waals surface area contributed by atoms with Crippen molar-refractivity contribution < 1.29 is 27.4 Å². The van der Waals surface area contributed by atoms with Gasteiger partial charge in [0.05, 0.1) is 5.41 Å². The largest absolute Gasteiger partial charge is 0.573 e. The zero-order valence-electron chi connectivity index (χ0n) is 17.4. The van der Waals surface area contributed by atoms with Gasteiger partial charge in [-0.1, -0.05) is 30.3 Å². The molecule has 9 heteroatoms. The highest BCUT2D eigenvalue weighted by Crippen LogP contribution is 2.31. The van der Waals surface area contributed by atoms with Crippen molar-refractivity contribution in [1.29, 1.82) is 0 Å².